The number of nitrogens with zero attached hydrogens (tertiary/aromatic N) is 3. The fourth-order valence-electron chi connectivity index (χ4n) is 2.54. The minimum Gasteiger partial charge on any atom is -0.480 e. The lowest BCUT2D eigenvalue weighted by Crippen LogP contribution is -2.10. The van der Waals surface area contributed by atoms with Gasteiger partial charge in [-0.3, -0.25) is 4.40 Å². The molecular formula is C19H17BrF3N4OPS. The number of anilines is 1. The van der Waals surface area contributed by atoms with E-state index in [4.69, 9.17) is 4.74 Å². The fourth-order valence-corrected chi connectivity index (χ4v) is 4.29. The number of aromatic nitrogens is 3. The van der Waals surface area contributed by atoms with Crippen molar-refractivity contribution in [3.05, 3.63) is 40.6 Å². The monoisotopic (exact) mass is 516 g/mol. The van der Waals surface area contributed by atoms with Gasteiger partial charge in [-0.05, 0) is 59.4 Å². The topological polar surface area (TPSA) is 51.5 Å². The molecule has 0 bridgehead atoms. The van der Waals surface area contributed by atoms with Crippen LogP contribution in [0.4, 0.5) is 18.9 Å². The SMILES string of the molecule is COc1nc(P(C)C)ccc1NCC#Cc1nc2c(Br)cccn2c1SC(F)(F)F. The van der Waals surface area contributed by atoms with Crippen LogP contribution in [0.2, 0.25) is 0 Å². The Hall–Kier alpha value is -1.95. The van der Waals surface area contributed by atoms with E-state index >= 15 is 0 Å². The number of hydrogen-bond acceptors (Lipinski definition) is 5. The van der Waals surface area contributed by atoms with Crippen LogP contribution in [-0.4, -0.2) is 46.9 Å². The van der Waals surface area contributed by atoms with Crippen LogP contribution in [0.15, 0.2) is 40.0 Å². The summed E-state index contributed by atoms with van der Waals surface area (Å²) in [5, 5.41) is 3.01. The highest BCUT2D eigenvalue weighted by Gasteiger charge is 2.33. The van der Waals surface area contributed by atoms with Crippen LogP contribution in [0, 0.1) is 11.8 Å². The number of thioether (sulfide) groups is 1. The number of rotatable bonds is 5. The molecule has 0 aliphatic heterocycles. The van der Waals surface area contributed by atoms with Crippen molar-refractivity contribution in [1.82, 2.24) is 14.4 Å². The van der Waals surface area contributed by atoms with Crippen LogP contribution in [0.1, 0.15) is 5.69 Å². The maximum Gasteiger partial charge on any atom is 0.447 e. The maximum atomic E-state index is 13.0. The molecule has 0 aliphatic rings. The van der Waals surface area contributed by atoms with E-state index in [1.165, 1.54) is 17.7 Å². The molecule has 1 N–H and O–H groups in total. The van der Waals surface area contributed by atoms with E-state index in [0.29, 0.717) is 21.7 Å². The van der Waals surface area contributed by atoms with Crippen LogP contribution in [-0.2, 0) is 0 Å². The Morgan fingerprint density at radius 3 is 2.70 bits per heavy atom. The van der Waals surface area contributed by atoms with Crippen LogP contribution in [0.3, 0.4) is 0 Å². The van der Waals surface area contributed by atoms with Crippen molar-refractivity contribution in [2.24, 2.45) is 0 Å². The molecule has 0 aliphatic carbocycles. The van der Waals surface area contributed by atoms with Gasteiger partial charge in [-0.25, -0.2) is 9.97 Å². The minimum atomic E-state index is -4.45. The highest BCUT2D eigenvalue weighted by atomic mass is 79.9. The van der Waals surface area contributed by atoms with E-state index in [1.54, 1.807) is 12.1 Å². The number of methoxy groups -OCH3 is 1. The van der Waals surface area contributed by atoms with Crippen LogP contribution in [0.25, 0.3) is 5.65 Å². The number of ether oxygens (including phenoxy) is 1. The first-order valence-corrected chi connectivity index (χ1v) is 12.4. The minimum absolute atomic E-state index is 0.0640. The normalized spacial score (nSPS) is 11.5. The fraction of sp³-hybridized carbons (Fsp3) is 0.263. The van der Waals surface area contributed by atoms with Gasteiger partial charge < -0.3 is 10.1 Å². The standard InChI is InChI=1S/C19H17BrF3N4OPS/c1-28-17-13(8-9-15(26-17)29(2)3)24-10-4-7-14-18(30-19(21,22)23)27-11-5-6-12(20)16(27)25-14/h5-6,8-9,11,24H,10H2,1-3H3. The van der Waals surface area contributed by atoms with Crippen LogP contribution < -0.4 is 15.5 Å². The predicted molar refractivity (Wildman–Crippen MR) is 119 cm³/mol. The van der Waals surface area contributed by atoms with Gasteiger partial charge >= 0.3 is 5.51 Å². The van der Waals surface area contributed by atoms with Gasteiger partial charge in [0, 0.05) is 18.0 Å². The second kappa shape index (κ2) is 9.46. The van der Waals surface area contributed by atoms with Crippen molar-refractivity contribution in [2.75, 3.05) is 32.3 Å². The molecule has 158 valence electrons. The number of halogens is 4. The molecule has 0 aromatic carbocycles. The van der Waals surface area contributed by atoms with E-state index in [0.717, 1.165) is 5.44 Å². The second-order valence-corrected chi connectivity index (χ2v) is 10.3. The van der Waals surface area contributed by atoms with Gasteiger partial charge in [-0.15, -0.1) is 0 Å². The Labute approximate surface area is 185 Å². The summed E-state index contributed by atoms with van der Waals surface area (Å²) in [7, 11) is 1.17. The molecule has 30 heavy (non-hydrogen) atoms. The highest BCUT2D eigenvalue weighted by molar-refractivity contribution is 9.10. The lowest BCUT2D eigenvalue weighted by Gasteiger charge is -2.11. The molecule has 11 heteroatoms. The van der Waals surface area contributed by atoms with Gasteiger partial charge in [-0.1, -0.05) is 13.8 Å². The molecule has 0 fully saturated rings. The Bertz CT molecular complexity index is 1120. The van der Waals surface area contributed by atoms with Gasteiger partial charge in [0.15, 0.2) is 5.65 Å². The van der Waals surface area contributed by atoms with E-state index < -0.39 is 5.51 Å². The van der Waals surface area contributed by atoms with Gasteiger partial charge in [0.25, 0.3) is 0 Å². The van der Waals surface area contributed by atoms with Gasteiger partial charge in [-0.2, -0.15) is 13.2 Å². The van der Waals surface area contributed by atoms with Crippen molar-refractivity contribution in [3.63, 3.8) is 0 Å². The number of hydrogen-bond donors (Lipinski definition) is 1. The molecule has 3 aromatic rings. The first-order valence-electron chi connectivity index (χ1n) is 8.57. The lowest BCUT2D eigenvalue weighted by molar-refractivity contribution is -0.0329. The van der Waals surface area contributed by atoms with E-state index in [1.807, 2.05) is 12.1 Å². The summed E-state index contributed by atoms with van der Waals surface area (Å²) in [6.07, 6.45) is 1.53. The summed E-state index contributed by atoms with van der Waals surface area (Å²) in [6, 6.07) is 7.13. The lowest BCUT2D eigenvalue weighted by atomic mass is 10.4. The van der Waals surface area contributed by atoms with Crippen molar-refractivity contribution < 1.29 is 17.9 Å². The molecule has 0 atom stereocenters. The number of pyridine rings is 2. The molecular weight excluding hydrogens is 500 g/mol. The quantitative estimate of drug-likeness (QED) is 0.295. The molecule has 3 aromatic heterocycles. The Morgan fingerprint density at radius 2 is 2.03 bits per heavy atom. The second-order valence-electron chi connectivity index (χ2n) is 6.14. The predicted octanol–water partition coefficient (Wildman–Crippen LogP) is 4.94. The third-order valence-electron chi connectivity index (χ3n) is 3.84. The zero-order chi connectivity index (χ0) is 21.9. The van der Waals surface area contributed by atoms with Gasteiger partial charge in [0.2, 0.25) is 5.88 Å². The molecule has 0 unspecified atom stereocenters. The third kappa shape index (κ3) is 5.39. The first kappa shape index (κ1) is 22.7. The zero-order valence-electron chi connectivity index (χ0n) is 16.2. The largest absolute Gasteiger partial charge is 0.480 e. The third-order valence-corrected chi connectivity index (χ3v) is 6.44. The summed E-state index contributed by atoms with van der Waals surface area (Å²) in [5.41, 5.74) is -2.39. The van der Waals surface area contributed by atoms with Crippen molar-refractivity contribution in [2.45, 2.75) is 10.5 Å². The van der Waals surface area contributed by atoms with E-state index in [-0.39, 0.29) is 36.9 Å². The van der Waals surface area contributed by atoms with Crippen molar-refractivity contribution in [3.8, 4) is 17.7 Å². The van der Waals surface area contributed by atoms with E-state index in [9.17, 15) is 13.2 Å². The van der Waals surface area contributed by atoms with Crippen molar-refractivity contribution in [1.29, 1.82) is 0 Å². The van der Waals surface area contributed by atoms with Crippen LogP contribution >= 0.6 is 35.6 Å². The first-order chi connectivity index (χ1) is 14.2. The molecule has 0 spiro atoms. The molecule has 5 nitrogen and oxygen atoms in total. The Balaban J connectivity index is 1.85. The Morgan fingerprint density at radius 1 is 1.27 bits per heavy atom. The average Bonchev–Trinajstić information content (AvgIpc) is 3.02. The van der Waals surface area contributed by atoms with Crippen molar-refractivity contribution >= 4 is 52.4 Å². The van der Waals surface area contributed by atoms with Crippen LogP contribution in [0.5, 0.6) is 5.88 Å². The summed E-state index contributed by atoms with van der Waals surface area (Å²) in [4.78, 5) is 8.73. The summed E-state index contributed by atoms with van der Waals surface area (Å²) >= 11 is 3.08. The summed E-state index contributed by atoms with van der Waals surface area (Å²) < 4.78 is 46.4. The van der Waals surface area contributed by atoms with Gasteiger partial charge in [0.1, 0.15) is 10.7 Å². The average molecular weight is 517 g/mol. The summed E-state index contributed by atoms with van der Waals surface area (Å²) in [6.45, 7) is 4.38. The molecule has 3 heterocycles. The molecule has 0 saturated carbocycles. The number of nitrogens with one attached hydrogen (secondary N) is 1. The molecule has 3 rings (SSSR count). The maximum absolute atomic E-state index is 13.0. The number of alkyl halides is 3. The van der Waals surface area contributed by atoms with Gasteiger partial charge in [0.05, 0.1) is 29.2 Å². The molecule has 0 saturated heterocycles. The number of fused-ring (bicyclic) bond motifs is 1. The summed E-state index contributed by atoms with van der Waals surface area (Å²) in [5.74, 6) is 6.03. The Kier molecular flexibility index (Phi) is 7.17. The zero-order valence-corrected chi connectivity index (χ0v) is 19.5. The van der Waals surface area contributed by atoms with E-state index in [2.05, 4.69) is 56.4 Å². The smallest absolute Gasteiger partial charge is 0.447 e. The molecule has 0 radical (unpaired) electrons. The molecule has 0 amide bonds. The number of imidazole rings is 1. The highest BCUT2D eigenvalue weighted by Crippen LogP contribution is 2.39.